The zero-order valence-corrected chi connectivity index (χ0v) is 19.5. The zero-order valence-electron chi connectivity index (χ0n) is 19.5. The summed E-state index contributed by atoms with van der Waals surface area (Å²) in [6, 6.07) is 21.5. The monoisotopic (exact) mass is 441 g/mol. The molecule has 0 radical (unpaired) electrons. The standard InChI is InChI=1S/C28H31N3O2/c1-19(32)29-26-6-4-5-23(16-26)21-9-11-22(12-10-21)28(33)30-27-14-13-24-15-20(18-31(2)3)7-8-25(24)17-27/h4-6,9-14,16-17,20H,7-8,15,18H2,1-3H3,(H,29,32)(H,30,33). The lowest BCUT2D eigenvalue weighted by molar-refractivity contribution is -0.114. The molecule has 3 aromatic rings. The van der Waals surface area contributed by atoms with E-state index < -0.39 is 0 Å². The van der Waals surface area contributed by atoms with E-state index in [2.05, 4.69) is 41.8 Å². The lowest BCUT2D eigenvalue weighted by atomic mass is 9.83. The molecule has 0 heterocycles. The third kappa shape index (κ3) is 5.88. The number of nitrogens with one attached hydrogen (secondary N) is 2. The van der Waals surface area contributed by atoms with Gasteiger partial charge < -0.3 is 15.5 Å². The van der Waals surface area contributed by atoms with Gasteiger partial charge in [-0.1, -0.05) is 30.3 Å². The van der Waals surface area contributed by atoms with Crippen LogP contribution in [0.5, 0.6) is 0 Å². The second kappa shape index (κ2) is 10.0. The number of hydrogen-bond acceptors (Lipinski definition) is 3. The number of nitrogens with zero attached hydrogens (tertiary/aromatic N) is 1. The highest BCUT2D eigenvalue weighted by molar-refractivity contribution is 6.04. The molecule has 1 aliphatic rings. The van der Waals surface area contributed by atoms with E-state index in [0.717, 1.165) is 41.9 Å². The second-order valence-corrected chi connectivity index (χ2v) is 9.15. The van der Waals surface area contributed by atoms with Crippen LogP contribution in [0.25, 0.3) is 11.1 Å². The first-order valence-corrected chi connectivity index (χ1v) is 11.4. The summed E-state index contributed by atoms with van der Waals surface area (Å²) < 4.78 is 0. The number of carbonyl (C=O) groups is 2. The first-order chi connectivity index (χ1) is 15.9. The number of rotatable bonds is 6. The molecule has 0 bridgehead atoms. The van der Waals surface area contributed by atoms with Gasteiger partial charge >= 0.3 is 0 Å². The van der Waals surface area contributed by atoms with Crippen LogP contribution < -0.4 is 10.6 Å². The number of carbonyl (C=O) groups excluding carboxylic acids is 2. The number of hydrogen-bond donors (Lipinski definition) is 2. The molecule has 1 aliphatic carbocycles. The second-order valence-electron chi connectivity index (χ2n) is 9.15. The lowest BCUT2D eigenvalue weighted by Gasteiger charge is -2.27. The molecule has 0 fully saturated rings. The van der Waals surface area contributed by atoms with E-state index in [1.165, 1.54) is 24.5 Å². The maximum Gasteiger partial charge on any atom is 0.255 e. The molecule has 3 aromatic carbocycles. The van der Waals surface area contributed by atoms with Crippen molar-refractivity contribution in [2.75, 3.05) is 31.3 Å². The molecule has 170 valence electrons. The molecular weight excluding hydrogens is 410 g/mol. The predicted octanol–water partition coefficient (Wildman–Crippen LogP) is 5.23. The molecule has 4 rings (SSSR count). The van der Waals surface area contributed by atoms with Crippen LogP contribution in [0, 0.1) is 5.92 Å². The Kier molecular flexibility index (Phi) is 6.90. The van der Waals surface area contributed by atoms with E-state index in [0.29, 0.717) is 11.5 Å². The van der Waals surface area contributed by atoms with Crippen molar-refractivity contribution in [2.45, 2.75) is 26.2 Å². The van der Waals surface area contributed by atoms with E-state index in [4.69, 9.17) is 0 Å². The van der Waals surface area contributed by atoms with Crippen molar-refractivity contribution in [1.29, 1.82) is 0 Å². The van der Waals surface area contributed by atoms with Gasteiger partial charge in [-0.05, 0) is 97.9 Å². The number of anilines is 2. The minimum absolute atomic E-state index is 0.102. The normalized spacial score (nSPS) is 15.1. The summed E-state index contributed by atoms with van der Waals surface area (Å²) >= 11 is 0. The first kappa shape index (κ1) is 22.7. The third-order valence-electron chi connectivity index (χ3n) is 6.08. The lowest BCUT2D eigenvalue weighted by Crippen LogP contribution is -2.26. The van der Waals surface area contributed by atoms with Crippen LogP contribution >= 0.6 is 0 Å². The fourth-order valence-corrected chi connectivity index (χ4v) is 4.58. The maximum absolute atomic E-state index is 12.8. The SMILES string of the molecule is CC(=O)Nc1cccc(-c2ccc(C(=O)Nc3ccc4c(c3)CCC(CN(C)C)C4)cc2)c1. The van der Waals surface area contributed by atoms with Crippen molar-refractivity contribution in [3.63, 3.8) is 0 Å². The van der Waals surface area contributed by atoms with Crippen molar-refractivity contribution in [2.24, 2.45) is 5.92 Å². The van der Waals surface area contributed by atoms with Gasteiger partial charge in [0, 0.05) is 30.4 Å². The fourth-order valence-electron chi connectivity index (χ4n) is 4.58. The van der Waals surface area contributed by atoms with Gasteiger partial charge in [0.25, 0.3) is 5.91 Å². The van der Waals surface area contributed by atoms with E-state index in [1.807, 2.05) is 54.6 Å². The van der Waals surface area contributed by atoms with E-state index in [1.54, 1.807) is 0 Å². The van der Waals surface area contributed by atoms with E-state index >= 15 is 0 Å². The zero-order chi connectivity index (χ0) is 23.4. The largest absolute Gasteiger partial charge is 0.326 e. The Morgan fingerprint density at radius 2 is 1.64 bits per heavy atom. The van der Waals surface area contributed by atoms with Crippen LogP contribution in [0.2, 0.25) is 0 Å². The fraction of sp³-hybridized carbons (Fsp3) is 0.286. The molecular formula is C28H31N3O2. The van der Waals surface area contributed by atoms with Crippen molar-refractivity contribution in [3.05, 3.63) is 83.4 Å². The molecule has 0 aliphatic heterocycles. The highest BCUT2D eigenvalue weighted by Crippen LogP contribution is 2.29. The summed E-state index contributed by atoms with van der Waals surface area (Å²) in [5, 5.41) is 5.85. The van der Waals surface area contributed by atoms with Crippen molar-refractivity contribution in [1.82, 2.24) is 4.90 Å². The van der Waals surface area contributed by atoms with Gasteiger partial charge in [0.2, 0.25) is 5.91 Å². The summed E-state index contributed by atoms with van der Waals surface area (Å²) in [6.07, 6.45) is 3.35. The molecule has 33 heavy (non-hydrogen) atoms. The van der Waals surface area contributed by atoms with Gasteiger partial charge in [-0.3, -0.25) is 9.59 Å². The van der Waals surface area contributed by atoms with E-state index in [9.17, 15) is 9.59 Å². The third-order valence-corrected chi connectivity index (χ3v) is 6.08. The smallest absolute Gasteiger partial charge is 0.255 e. The number of benzene rings is 3. The number of fused-ring (bicyclic) bond motifs is 1. The molecule has 5 heteroatoms. The topological polar surface area (TPSA) is 61.4 Å². The van der Waals surface area contributed by atoms with Crippen LogP contribution in [-0.2, 0) is 17.6 Å². The Bertz CT molecular complexity index is 1150. The van der Waals surface area contributed by atoms with Crippen LogP contribution in [0.3, 0.4) is 0 Å². The molecule has 0 saturated heterocycles. The van der Waals surface area contributed by atoms with Crippen LogP contribution in [0.1, 0.15) is 34.8 Å². The van der Waals surface area contributed by atoms with Crippen molar-refractivity contribution < 1.29 is 9.59 Å². The maximum atomic E-state index is 12.8. The Morgan fingerprint density at radius 1 is 0.879 bits per heavy atom. The summed E-state index contributed by atoms with van der Waals surface area (Å²) in [4.78, 5) is 26.4. The highest BCUT2D eigenvalue weighted by Gasteiger charge is 2.19. The summed E-state index contributed by atoms with van der Waals surface area (Å²) in [6.45, 7) is 2.61. The first-order valence-electron chi connectivity index (χ1n) is 11.4. The van der Waals surface area contributed by atoms with Gasteiger partial charge in [-0.15, -0.1) is 0 Å². The van der Waals surface area contributed by atoms with E-state index in [-0.39, 0.29) is 11.8 Å². The molecule has 2 N–H and O–H groups in total. The Labute approximate surface area is 195 Å². The summed E-state index contributed by atoms with van der Waals surface area (Å²) in [5.74, 6) is 0.481. The van der Waals surface area contributed by atoms with Crippen molar-refractivity contribution in [3.8, 4) is 11.1 Å². The van der Waals surface area contributed by atoms with Gasteiger partial charge in [0.15, 0.2) is 0 Å². The molecule has 2 amide bonds. The number of amides is 2. The number of aryl methyl sites for hydroxylation is 1. The van der Waals surface area contributed by atoms with Gasteiger partial charge in [0.05, 0.1) is 0 Å². The molecule has 0 aromatic heterocycles. The minimum atomic E-state index is -0.116. The van der Waals surface area contributed by atoms with Gasteiger partial charge in [-0.25, -0.2) is 0 Å². The van der Waals surface area contributed by atoms with Gasteiger partial charge in [-0.2, -0.15) is 0 Å². The van der Waals surface area contributed by atoms with Crippen LogP contribution in [-0.4, -0.2) is 37.4 Å². The molecule has 5 nitrogen and oxygen atoms in total. The van der Waals surface area contributed by atoms with Crippen LogP contribution in [0.15, 0.2) is 66.7 Å². The Morgan fingerprint density at radius 3 is 2.36 bits per heavy atom. The molecule has 1 atom stereocenters. The van der Waals surface area contributed by atoms with Gasteiger partial charge in [0.1, 0.15) is 0 Å². The Hall–Kier alpha value is -3.44. The average molecular weight is 442 g/mol. The quantitative estimate of drug-likeness (QED) is 0.551. The van der Waals surface area contributed by atoms with Crippen molar-refractivity contribution >= 4 is 23.2 Å². The Balaban J connectivity index is 1.42. The molecule has 0 saturated carbocycles. The highest BCUT2D eigenvalue weighted by atomic mass is 16.2. The molecule has 1 unspecified atom stereocenters. The average Bonchev–Trinajstić information content (AvgIpc) is 2.78. The van der Waals surface area contributed by atoms with Crippen LogP contribution in [0.4, 0.5) is 11.4 Å². The molecule has 0 spiro atoms. The predicted molar refractivity (Wildman–Crippen MR) is 135 cm³/mol. The minimum Gasteiger partial charge on any atom is -0.326 e. The summed E-state index contributed by atoms with van der Waals surface area (Å²) in [7, 11) is 4.26. The summed E-state index contributed by atoms with van der Waals surface area (Å²) in [5.41, 5.74) is 6.92.